The van der Waals surface area contributed by atoms with E-state index in [9.17, 15) is 0 Å². The first-order valence-electron chi connectivity index (χ1n) is 10.8. The van der Waals surface area contributed by atoms with Crippen LogP contribution in [0.15, 0.2) is 97.6 Å². The first kappa shape index (κ1) is 19.9. The maximum atomic E-state index is 6.42. The summed E-state index contributed by atoms with van der Waals surface area (Å²) in [5.74, 6) is 0.528. The molecule has 0 saturated carbocycles. The number of nitrogen functional groups attached to an aromatic ring is 1. The van der Waals surface area contributed by atoms with Crippen molar-refractivity contribution in [3.05, 3.63) is 120 Å². The van der Waals surface area contributed by atoms with E-state index in [-0.39, 0.29) is 0 Å². The standard InChI is InChI=1S/C28H24N4/c29-28-24-14-16-31-19-26(24)25(17-21-9-5-2-6-10-21)27(32-28)23-13-15-30-18-22(23)12-11-20-7-3-1-4-8-20/h1-10,13-16,18-19H,11-12,17H2,(H2,29,32). The molecule has 0 unspecified atom stereocenters. The van der Waals surface area contributed by atoms with Crippen molar-refractivity contribution in [1.82, 2.24) is 15.0 Å². The number of nitrogens with two attached hydrogens (primary N) is 1. The molecule has 0 aliphatic heterocycles. The molecule has 0 amide bonds. The summed E-state index contributed by atoms with van der Waals surface area (Å²) in [6, 6.07) is 25.0. The van der Waals surface area contributed by atoms with Gasteiger partial charge in [-0.2, -0.15) is 0 Å². The number of hydrogen-bond acceptors (Lipinski definition) is 4. The quantitative estimate of drug-likeness (QED) is 0.388. The molecule has 4 heteroatoms. The van der Waals surface area contributed by atoms with Crippen molar-refractivity contribution in [1.29, 1.82) is 0 Å². The third-order valence-electron chi connectivity index (χ3n) is 5.85. The van der Waals surface area contributed by atoms with Gasteiger partial charge in [0.1, 0.15) is 5.82 Å². The molecular weight excluding hydrogens is 392 g/mol. The van der Waals surface area contributed by atoms with Gasteiger partial charge in [0.25, 0.3) is 0 Å². The van der Waals surface area contributed by atoms with Crippen LogP contribution in [-0.4, -0.2) is 15.0 Å². The molecule has 32 heavy (non-hydrogen) atoms. The number of aryl methyl sites for hydroxylation is 2. The Balaban J connectivity index is 1.63. The van der Waals surface area contributed by atoms with Crippen LogP contribution in [0.3, 0.4) is 0 Å². The van der Waals surface area contributed by atoms with Gasteiger partial charge < -0.3 is 5.73 Å². The van der Waals surface area contributed by atoms with E-state index in [2.05, 4.69) is 64.6 Å². The van der Waals surface area contributed by atoms with Crippen LogP contribution in [0.25, 0.3) is 22.0 Å². The Morgan fingerprint density at radius 2 is 1.34 bits per heavy atom. The molecule has 0 spiro atoms. The minimum Gasteiger partial charge on any atom is -0.383 e. The number of anilines is 1. The summed E-state index contributed by atoms with van der Waals surface area (Å²) in [6.45, 7) is 0. The van der Waals surface area contributed by atoms with E-state index < -0.39 is 0 Å². The van der Waals surface area contributed by atoms with Crippen LogP contribution in [-0.2, 0) is 19.3 Å². The number of pyridine rings is 3. The van der Waals surface area contributed by atoms with Crippen LogP contribution in [0.2, 0.25) is 0 Å². The summed E-state index contributed by atoms with van der Waals surface area (Å²) in [7, 11) is 0. The predicted molar refractivity (Wildman–Crippen MR) is 130 cm³/mol. The highest BCUT2D eigenvalue weighted by Gasteiger charge is 2.17. The van der Waals surface area contributed by atoms with Crippen molar-refractivity contribution >= 4 is 16.6 Å². The van der Waals surface area contributed by atoms with Crippen LogP contribution in [0.5, 0.6) is 0 Å². The normalized spacial score (nSPS) is 11.0. The van der Waals surface area contributed by atoms with Gasteiger partial charge >= 0.3 is 0 Å². The molecule has 0 bridgehead atoms. The Kier molecular flexibility index (Phi) is 5.58. The van der Waals surface area contributed by atoms with Gasteiger partial charge in [-0.3, -0.25) is 9.97 Å². The Bertz CT molecular complexity index is 1350. The lowest BCUT2D eigenvalue weighted by Gasteiger charge is -2.17. The minimum atomic E-state index is 0.528. The Hall–Kier alpha value is -4.05. The minimum absolute atomic E-state index is 0.528. The van der Waals surface area contributed by atoms with Crippen molar-refractivity contribution < 1.29 is 0 Å². The molecule has 2 aromatic carbocycles. The van der Waals surface area contributed by atoms with Gasteiger partial charge in [-0.15, -0.1) is 0 Å². The first-order valence-corrected chi connectivity index (χ1v) is 10.8. The maximum absolute atomic E-state index is 6.42. The summed E-state index contributed by atoms with van der Waals surface area (Å²) in [5, 5.41) is 1.99. The molecule has 4 nitrogen and oxygen atoms in total. The second-order valence-electron chi connectivity index (χ2n) is 7.93. The van der Waals surface area contributed by atoms with Crippen molar-refractivity contribution in [3.8, 4) is 11.3 Å². The highest BCUT2D eigenvalue weighted by Crippen LogP contribution is 2.34. The van der Waals surface area contributed by atoms with Crippen LogP contribution in [0, 0.1) is 0 Å². The average molecular weight is 417 g/mol. The number of nitrogens with zero attached hydrogens (tertiary/aromatic N) is 3. The van der Waals surface area contributed by atoms with E-state index in [4.69, 9.17) is 10.7 Å². The number of rotatable bonds is 6. The molecule has 156 valence electrons. The SMILES string of the molecule is Nc1nc(-c2ccncc2CCc2ccccc2)c(Cc2ccccc2)c2cnccc12. The fourth-order valence-corrected chi connectivity index (χ4v) is 4.22. The summed E-state index contributed by atoms with van der Waals surface area (Å²) in [6.07, 6.45) is 10.0. The number of benzene rings is 2. The molecule has 3 aromatic heterocycles. The molecule has 3 heterocycles. The van der Waals surface area contributed by atoms with Gasteiger partial charge in [-0.25, -0.2) is 4.98 Å². The Morgan fingerprint density at radius 3 is 2.12 bits per heavy atom. The molecule has 0 aliphatic rings. The summed E-state index contributed by atoms with van der Waals surface area (Å²) in [4.78, 5) is 13.7. The van der Waals surface area contributed by atoms with Crippen molar-refractivity contribution in [3.63, 3.8) is 0 Å². The zero-order valence-corrected chi connectivity index (χ0v) is 17.8. The maximum Gasteiger partial charge on any atom is 0.132 e. The second-order valence-corrected chi connectivity index (χ2v) is 7.93. The lowest BCUT2D eigenvalue weighted by molar-refractivity contribution is 0.950. The highest BCUT2D eigenvalue weighted by atomic mass is 14.9. The Morgan fingerprint density at radius 1 is 0.656 bits per heavy atom. The van der Waals surface area contributed by atoms with E-state index in [0.29, 0.717) is 5.82 Å². The monoisotopic (exact) mass is 416 g/mol. The molecular formula is C28H24N4. The predicted octanol–water partition coefficient (Wildman–Crippen LogP) is 5.65. The van der Waals surface area contributed by atoms with E-state index in [0.717, 1.165) is 46.9 Å². The van der Waals surface area contributed by atoms with E-state index in [1.54, 1.807) is 6.20 Å². The van der Waals surface area contributed by atoms with Crippen LogP contribution in [0.1, 0.15) is 22.3 Å². The third kappa shape index (κ3) is 4.08. The molecule has 5 aromatic rings. The third-order valence-corrected chi connectivity index (χ3v) is 5.85. The molecule has 0 fully saturated rings. The topological polar surface area (TPSA) is 64.7 Å². The van der Waals surface area contributed by atoms with Crippen molar-refractivity contribution in [2.24, 2.45) is 0 Å². The van der Waals surface area contributed by atoms with E-state index >= 15 is 0 Å². The van der Waals surface area contributed by atoms with E-state index in [1.807, 2.05) is 36.8 Å². The Labute approximate surface area is 187 Å². The number of fused-ring (bicyclic) bond motifs is 1. The number of aromatic nitrogens is 3. The van der Waals surface area contributed by atoms with Crippen LogP contribution in [0.4, 0.5) is 5.82 Å². The summed E-state index contributed by atoms with van der Waals surface area (Å²) >= 11 is 0. The van der Waals surface area contributed by atoms with Gasteiger partial charge in [-0.05, 0) is 47.2 Å². The number of hydrogen-bond donors (Lipinski definition) is 1. The lowest BCUT2D eigenvalue weighted by Crippen LogP contribution is -2.04. The molecule has 5 rings (SSSR count). The molecule has 0 atom stereocenters. The zero-order valence-electron chi connectivity index (χ0n) is 17.8. The lowest BCUT2D eigenvalue weighted by atomic mass is 9.92. The first-order chi connectivity index (χ1) is 15.8. The van der Waals surface area contributed by atoms with Gasteiger partial charge in [0.05, 0.1) is 5.69 Å². The van der Waals surface area contributed by atoms with Crippen LogP contribution >= 0.6 is 0 Å². The molecule has 0 radical (unpaired) electrons. The fourth-order valence-electron chi connectivity index (χ4n) is 4.22. The van der Waals surface area contributed by atoms with E-state index in [1.165, 1.54) is 16.7 Å². The average Bonchev–Trinajstić information content (AvgIpc) is 2.86. The van der Waals surface area contributed by atoms with Crippen molar-refractivity contribution in [2.45, 2.75) is 19.3 Å². The van der Waals surface area contributed by atoms with Crippen molar-refractivity contribution in [2.75, 3.05) is 5.73 Å². The van der Waals surface area contributed by atoms with Gasteiger partial charge in [0, 0.05) is 47.5 Å². The van der Waals surface area contributed by atoms with Gasteiger partial charge in [0.15, 0.2) is 0 Å². The summed E-state index contributed by atoms with van der Waals surface area (Å²) < 4.78 is 0. The molecule has 0 saturated heterocycles. The van der Waals surface area contributed by atoms with Gasteiger partial charge in [-0.1, -0.05) is 60.7 Å². The molecule has 0 aliphatic carbocycles. The smallest absolute Gasteiger partial charge is 0.132 e. The zero-order chi connectivity index (χ0) is 21.8. The van der Waals surface area contributed by atoms with Crippen LogP contribution < -0.4 is 5.73 Å². The fraction of sp³-hybridized carbons (Fsp3) is 0.107. The highest BCUT2D eigenvalue weighted by molar-refractivity contribution is 5.96. The summed E-state index contributed by atoms with van der Waals surface area (Å²) in [5.41, 5.74) is 13.3. The molecule has 2 N–H and O–H groups in total. The second kappa shape index (κ2) is 8.98. The largest absolute Gasteiger partial charge is 0.383 e. The van der Waals surface area contributed by atoms with Gasteiger partial charge in [0.2, 0.25) is 0 Å².